The fourth-order valence-electron chi connectivity index (χ4n) is 3.93. The summed E-state index contributed by atoms with van der Waals surface area (Å²) >= 11 is 3.14. The summed E-state index contributed by atoms with van der Waals surface area (Å²) in [6.45, 7) is 1.20. The van der Waals surface area contributed by atoms with E-state index in [0.717, 1.165) is 25.1 Å². The van der Waals surface area contributed by atoms with E-state index in [1.54, 1.807) is 11.3 Å². The Morgan fingerprint density at radius 2 is 2.10 bits per heavy atom. The van der Waals surface area contributed by atoms with Crippen molar-refractivity contribution >= 4 is 29.0 Å². The fraction of sp³-hybridized carbons (Fsp3) is 0.381. The summed E-state index contributed by atoms with van der Waals surface area (Å²) in [4.78, 5) is 16.2. The van der Waals surface area contributed by atoms with E-state index < -0.39 is 0 Å². The minimum absolute atomic E-state index is 0.145. The number of ether oxygens (including phenoxy) is 2. The number of likely N-dealkylation sites (tertiary alicyclic amines) is 1. The van der Waals surface area contributed by atoms with E-state index in [1.807, 2.05) is 46.8 Å². The van der Waals surface area contributed by atoms with Gasteiger partial charge in [-0.3, -0.25) is 4.79 Å². The maximum absolute atomic E-state index is 12.9. The first-order valence-corrected chi connectivity index (χ1v) is 11.8. The number of hydrogen-bond donors (Lipinski definition) is 0. The van der Waals surface area contributed by atoms with Crippen molar-refractivity contribution in [1.29, 1.82) is 0 Å². The average molecular weight is 443 g/mol. The summed E-state index contributed by atoms with van der Waals surface area (Å²) in [6, 6.07) is 12.0. The Hall–Kier alpha value is -2.52. The maximum atomic E-state index is 12.9. The molecule has 1 fully saturated rings. The van der Waals surface area contributed by atoms with Gasteiger partial charge in [-0.25, -0.2) is 0 Å². The van der Waals surface area contributed by atoms with E-state index in [0.29, 0.717) is 29.1 Å². The number of thiophene rings is 1. The third-order valence-corrected chi connectivity index (χ3v) is 7.41. The number of hydrogen-bond acceptors (Lipinski definition) is 7. The summed E-state index contributed by atoms with van der Waals surface area (Å²) in [5.41, 5.74) is 0. The van der Waals surface area contributed by atoms with Crippen LogP contribution in [0.5, 0.6) is 11.5 Å². The maximum Gasteiger partial charge on any atom is 0.233 e. The minimum Gasteiger partial charge on any atom is -0.485 e. The predicted octanol–water partition coefficient (Wildman–Crippen LogP) is 3.84. The van der Waals surface area contributed by atoms with Crippen molar-refractivity contribution in [3.8, 4) is 11.5 Å². The molecular weight excluding hydrogens is 420 g/mol. The predicted molar refractivity (Wildman–Crippen MR) is 115 cm³/mol. The van der Waals surface area contributed by atoms with E-state index in [4.69, 9.17) is 9.47 Å². The molecule has 9 heteroatoms. The molecule has 2 aliphatic rings. The molecule has 0 radical (unpaired) electrons. The monoisotopic (exact) mass is 442 g/mol. The van der Waals surface area contributed by atoms with Gasteiger partial charge in [-0.1, -0.05) is 30.0 Å². The van der Waals surface area contributed by atoms with Crippen LogP contribution < -0.4 is 9.47 Å². The van der Waals surface area contributed by atoms with Crippen LogP contribution in [0.1, 0.15) is 35.7 Å². The van der Waals surface area contributed by atoms with Crippen LogP contribution in [0, 0.1) is 0 Å². The van der Waals surface area contributed by atoms with Gasteiger partial charge in [0.25, 0.3) is 0 Å². The van der Waals surface area contributed by atoms with Crippen molar-refractivity contribution < 1.29 is 14.3 Å². The number of amides is 1. The van der Waals surface area contributed by atoms with Gasteiger partial charge in [0.15, 0.2) is 28.6 Å². The van der Waals surface area contributed by atoms with Crippen LogP contribution >= 0.6 is 23.1 Å². The van der Waals surface area contributed by atoms with Crippen LogP contribution in [-0.4, -0.2) is 44.5 Å². The Morgan fingerprint density at radius 3 is 2.93 bits per heavy atom. The highest BCUT2D eigenvalue weighted by Gasteiger charge is 2.31. The molecule has 1 aromatic carbocycles. The van der Waals surface area contributed by atoms with Crippen molar-refractivity contribution in [2.24, 2.45) is 7.05 Å². The molecule has 2 aromatic heterocycles. The molecular formula is C21H22N4O3S2. The van der Waals surface area contributed by atoms with Crippen molar-refractivity contribution in [1.82, 2.24) is 19.7 Å². The number of benzene rings is 1. The van der Waals surface area contributed by atoms with Crippen molar-refractivity contribution in [3.05, 3.63) is 52.5 Å². The Morgan fingerprint density at radius 1 is 1.23 bits per heavy atom. The highest BCUT2D eigenvalue weighted by Crippen LogP contribution is 2.37. The van der Waals surface area contributed by atoms with E-state index in [2.05, 4.69) is 21.6 Å². The number of nitrogens with zero attached hydrogens (tertiary/aromatic N) is 4. The molecule has 0 N–H and O–H groups in total. The zero-order chi connectivity index (χ0) is 20.5. The van der Waals surface area contributed by atoms with Crippen LogP contribution in [0.15, 0.2) is 46.9 Å². The fourth-order valence-corrected chi connectivity index (χ4v) is 5.61. The lowest BCUT2D eigenvalue weighted by atomic mass is 10.2. The molecule has 2 unspecified atom stereocenters. The summed E-state index contributed by atoms with van der Waals surface area (Å²) in [6.07, 6.45) is 1.75. The highest BCUT2D eigenvalue weighted by atomic mass is 32.2. The molecule has 5 rings (SSSR count). The zero-order valence-corrected chi connectivity index (χ0v) is 18.2. The summed E-state index contributed by atoms with van der Waals surface area (Å²) in [5.74, 6) is 2.62. The zero-order valence-electron chi connectivity index (χ0n) is 16.6. The first kappa shape index (κ1) is 19.4. The van der Waals surface area contributed by atoms with Crippen LogP contribution in [0.2, 0.25) is 0 Å². The lowest BCUT2D eigenvalue weighted by Crippen LogP contribution is -2.31. The van der Waals surface area contributed by atoms with Gasteiger partial charge in [-0.05, 0) is 36.4 Å². The molecule has 2 atom stereocenters. The van der Waals surface area contributed by atoms with Gasteiger partial charge in [-0.2, -0.15) is 0 Å². The topological polar surface area (TPSA) is 69.5 Å². The quantitative estimate of drug-likeness (QED) is 0.559. The van der Waals surface area contributed by atoms with Crippen LogP contribution in [-0.2, 0) is 11.8 Å². The molecule has 2 aliphatic heterocycles. The molecule has 0 aliphatic carbocycles. The summed E-state index contributed by atoms with van der Waals surface area (Å²) in [5, 5.41) is 11.4. The number of carbonyl (C=O) groups excluding carboxylic acids is 1. The molecule has 0 bridgehead atoms. The van der Waals surface area contributed by atoms with Gasteiger partial charge in [0.2, 0.25) is 5.91 Å². The van der Waals surface area contributed by atoms with Crippen molar-refractivity contribution in [2.45, 2.75) is 30.1 Å². The van der Waals surface area contributed by atoms with Gasteiger partial charge >= 0.3 is 0 Å². The molecule has 0 spiro atoms. The number of fused-ring (bicyclic) bond motifs is 1. The van der Waals surface area contributed by atoms with Crippen LogP contribution in [0.25, 0.3) is 0 Å². The van der Waals surface area contributed by atoms with E-state index in [9.17, 15) is 4.79 Å². The molecule has 1 amide bonds. The van der Waals surface area contributed by atoms with Gasteiger partial charge < -0.3 is 18.9 Å². The standard InChI is InChI=1S/C21H22N4O3S2/c1-24-20(17-12-27-15-7-2-3-8-16(15)28-17)22-23-21(24)30-13-19(26)25-10-4-6-14(25)18-9-5-11-29-18/h2-3,5,7-9,11,14,17H,4,6,10,12-13H2,1H3. The number of carbonyl (C=O) groups is 1. The SMILES string of the molecule is Cn1c(SCC(=O)N2CCCC2c2cccs2)nnc1C1COc2ccccc2O1. The smallest absolute Gasteiger partial charge is 0.233 e. The first-order chi connectivity index (χ1) is 14.7. The lowest BCUT2D eigenvalue weighted by Gasteiger charge is -2.25. The number of para-hydroxylation sites is 2. The molecule has 3 aromatic rings. The Balaban J connectivity index is 1.24. The molecule has 30 heavy (non-hydrogen) atoms. The average Bonchev–Trinajstić information content (AvgIpc) is 3.52. The largest absolute Gasteiger partial charge is 0.485 e. The Bertz CT molecular complexity index is 1040. The number of thioether (sulfide) groups is 1. The van der Waals surface area contributed by atoms with Gasteiger partial charge in [0.05, 0.1) is 11.8 Å². The molecule has 1 saturated heterocycles. The van der Waals surface area contributed by atoms with Crippen LogP contribution in [0.3, 0.4) is 0 Å². The van der Waals surface area contributed by atoms with Crippen molar-refractivity contribution in [2.75, 3.05) is 18.9 Å². The molecule has 0 saturated carbocycles. The Kier molecular flexibility index (Phi) is 5.39. The number of aromatic nitrogens is 3. The van der Waals surface area contributed by atoms with E-state index in [-0.39, 0.29) is 18.1 Å². The van der Waals surface area contributed by atoms with Gasteiger partial charge in [0, 0.05) is 18.5 Å². The third kappa shape index (κ3) is 3.67. The van der Waals surface area contributed by atoms with Crippen molar-refractivity contribution in [3.63, 3.8) is 0 Å². The van der Waals surface area contributed by atoms with Crippen LogP contribution in [0.4, 0.5) is 0 Å². The third-order valence-electron chi connectivity index (χ3n) is 5.43. The molecule has 156 valence electrons. The minimum atomic E-state index is -0.329. The second-order valence-electron chi connectivity index (χ2n) is 7.31. The summed E-state index contributed by atoms with van der Waals surface area (Å²) in [7, 11) is 1.90. The van der Waals surface area contributed by atoms with E-state index >= 15 is 0 Å². The second kappa shape index (κ2) is 8.31. The second-order valence-corrected chi connectivity index (χ2v) is 9.24. The van der Waals surface area contributed by atoms with Gasteiger partial charge in [-0.15, -0.1) is 21.5 Å². The summed E-state index contributed by atoms with van der Waals surface area (Å²) < 4.78 is 13.7. The number of rotatable bonds is 5. The normalized spacial score (nSPS) is 20.5. The highest BCUT2D eigenvalue weighted by molar-refractivity contribution is 7.99. The van der Waals surface area contributed by atoms with E-state index in [1.165, 1.54) is 16.6 Å². The first-order valence-electron chi connectivity index (χ1n) is 9.94. The lowest BCUT2D eigenvalue weighted by molar-refractivity contribution is -0.129. The van der Waals surface area contributed by atoms with Gasteiger partial charge in [0.1, 0.15) is 6.61 Å². The molecule has 7 nitrogen and oxygen atoms in total. The molecule has 4 heterocycles. The Labute approximate surface area is 183 Å².